The third-order valence-corrected chi connectivity index (χ3v) is 8.46. The summed E-state index contributed by atoms with van der Waals surface area (Å²) in [5.41, 5.74) is 2.62. The Morgan fingerprint density at radius 1 is 0.930 bits per heavy atom. The van der Waals surface area contributed by atoms with Gasteiger partial charge in [-0.3, -0.25) is 9.59 Å². The van der Waals surface area contributed by atoms with Crippen molar-refractivity contribution >= 4 is 44.4 Å². The van der Waals surface area contributed by atoms with Crippen LogP contribution in [0.1, 0.15) is 24.5 Å². The minimum Gasteiger partial charge on any atom is -0.333 e. The maximum Gasteiger partial charge on any atom is 0.264 e. The summed E-state index contributed by atoms with van der Waals surface area (Å²) in [4.78, 5) is 32.8. The molecular formula is C34H32N4O4S. The highest BCUT2D eigenvalue weighted by atomic mass is 32.2. The van der Waals surface area contributed by atoms with Gasteiger partial charge < -0.3 is 9.47 Å². The van der Waals surface area contributed by atoms with E-state index < -0.39 is 27.8 Å². The molecule has 0 aliphatic heterocycles. The van der Waals surface area contributed by atoms with Gasteiger partial charge in [0.2, 0.25) is 11.8 Å². The number of fused-ring (bicyclic) bond motifs is 1. The zero-order valence-electron chi connectivity index (χ0n) is 23.7. The second kappa shape index (κ2) is 13.3. The molecule has 0 saturated heterocycles. The predicted octanol–water partition coefficient (Wildman–Crippen LogP) is 5.66. The van der Waals surface area contributed by atoms with Gasteiger partial charge in [0.1, 0.15) is 5.92 Å². The number of carbonyl (C=O) groups is 2. The number of carbonyl (C=O) groups excluding carboxylic acids is 2. The van der Waals surface area contributed by atoms with Gasteiger partial charge in [-0.15, -0.1) is 0 Å². The average Bonchev–Trinajstić information content (AvgIpc) is 3.53. The summed E-state index contributed by atoms with van der Waals surface area (Å²) in [5, 5.41) is 1.60. The third-order valence-electron chi connectivity index (χ3n) is 7.12. The summed E-state index contributed by atoms with van der Waals surface area (Å²) in [5.74, 6) is -2.64. The number of sulfonamides is 1. The van der Waals surface area contributed by atoms with Crippen LogP contribution < -0.4 is 9.62 Å². The predicted molar refractivity (Wildman–Crippen MR) is 169 cm³/mol. The Balaban J connectivity index is 1.37. The summed E-state index contributed by atoms with van der Waals surface area (Å²) in [6, 6.07) is 28.9. The lowest BCUT2D eigenvalue weighted by Crippen LogP contribution is -2.45. The van der Waals surface area contributed by atoms with Gasteiger partial charge in [-0.2, -0.15) is 0 Å². The van der Waals surface area contributed by atoms with Gasteiger partial charge in [-0.05, 0) is 59.5 Å². The molecule has 43 heavy (non-hydrogen) atoms. The first-order chi connectivity index (χ1) is 20.8. The zero-order chi connectivity index (χ0) is 30.2. The average molecular weight is 593 g/mol. The van der Waals surface area contributed by atoms with E-state index in [1.54, 1.807) is 55.0 Å². The van der Waals surface area contributed by atoms with Gasteiger partial charge >= 0.3 is 0 Å². The van der Waals surface area contributed by atoms with Gasteiger partial charge in [-0.1, -0.05) is 84.9 Å². The highest BCUT2D eigenvalue weighted by Crippen LogP contribution is 2.22. The Kier molecular flexibility index (Phi) is 9.12. The van der Waals surface area contributed by atoms with Crippen LogP contribution in [0.3, 0.4) is 0 Å². The highest BCUT2D eigenvalue weighted by Gasteiger charge is 2.33. The van der Waals surface area contributed by atoms with Crippen LogP contribution in [-0.4, -0.2) is 36.3 Å². The molecule has 2 amide bonds. The number of anilines is 1. The molecule has 218 valence electrons. The van der Waals surface area contributed by atoms with Crippen molar-refractivity contribution < 1.29 is 18.0 Å². The minimum atomic E-state index is -4.23. The van der Waals surface area contributed by atoms with Crippen LogP contribution >= 0.6 is 0 Å². The Bertz CT molecular complexity index is 1830. The zero-order valence-corrected chi connectivity index (χ0v) is 24.5. The monoisotopic (exact) mass is 592 g/mol. The highest BCUT2D eigenvalue weighted by molar-refractivity contribution is 7.90. The SMILES string of the molecule is CCN(C(=O)C(C/C=C/c1ccc(Cn2ccnc2)cc1)C(=O)NS(=O)(=O)c1ccc2ccccc2c1)c1ccccc1. The van der Waals surface area contributed by atoms with E-state index in [0.717, 1.165) is 21.9 Å². The van der Waals surface area contributed by atoms with E-state index >= 15 is 0 Å². The molecule has 1 heterocycles. The molecule has 0 aliphatic rings. The normalized spacial score (nSPS) is 12.3. The number of aromatic nitrogens is 2. The van der Waals surface area contributed by atoms with Crippen LogP contribution in [0.15, 0.2) is 127 Å². The summed E-state index contributed by atoms with van der Waals surface area (Å²) in [6.07, 6.45) is 8.95. The first-order valence-electron chi connectivity index (χ1n) is 14.0. The fraction of sp³-hybridized carbons (Fsp3) is 0.147. The second-order valence-electron chi connectivity index (χ2n) is 10.1. The molecule has 4 aromatic carbocycles. The van der Waals surface area contributed by atoms with Crippen LogP contribution in [0.2, 0.25) is 0 Å². The van der Waals surface area contributed by atoms with E-state index in [-0.39, 0.29) is 11.3 Å². The summed E-state index contributed by atoms with van der Waals surface area (Å²) >= 11 is 0. The third kappa shape index (κ3) is 7.25. The number of hydrogen-bond acceptors (Lipinski definition) is 5. The maximum absolute atomic E-state index is 13.8. The molecule has 0 radical (unpaired) electrons. The molecule has 5 rings (SSSR count). The van der Waals surface area contributed by atoms with Crippen molar-refractivity contribution in [1.82, 2.24) is 14.3 Å². The van der Waals surface area contributed by atoms with Gasteiger partial charge in [0.15, 0.2) is 0 Å². The molecule has 0 spiro atoms. The molecule has 0 aliphatic carbocycles. The van der Waals surface area contributed by atoms with Crippen LogP contribution in [0, 0.1) is 5.92 Å². The first kappa shape index (κ1) is 29.5. The van der Waals surface area contributed by atoms with Crippen LogP contribution in [-0.2, 0) is 26.2 Å². The Hall–Kier alpha value is -5.02. The number of allylic oxidation sites excluding steroid dienone is 1. The molecule has 1 aromatic heterocycles. The Morgan fingerprint density at radius 3 is 2.35 bits per heavy atom. The molecule has 1 atom stereocenters. The maximum atomic E-state index is 13.8. The van der Waals surface area contributed by atoms with Gasteiger partial charge in [-0.25, -0.2) is 18.1 Å². The summed E-state index contributed by atoms with van der Waals surface area (Å²) in [7, 11) is -4.23. The molecule has 8 nitrogen and oxygen atoms in total. The molecule has 1 unspecified atom stereocenters. The van der Waals surface area contributed by atoms with E-state index in [1.165, 1.54) is 17.0 Å². The number of rotatable bonds is 11. The van der Waals surface area contributed by atoms with Crippen LogP contribution in [0.5, 0.6) is 0 Å². The van der Waals surface area contributed by atoms with Crippen molar-refractivity contribution in [3.63, 3.8) is 0 Å². The molecule has 5 aromatic rings. The van der Waals surface area contributed by atoms with Gasteiger partial charge in [0.05, 0.1) is 11.2 Å². The van der Waals surface area contributed by atoms with Crippen LogP contribution in [0.25, 0.3) is 16.8 Å². The van der Waals surface area contributed by atoms with Gasteiger partial charge in [0.25, 0.3) is 10.0 Å². The largest absolute Gasteiger partial charge is 0.333 e. The minimum absolute atomic E-state index is 0.0119. The van der Waals surface area contributed by atoms with Gasteiger partial charge in [0, 0.05) is 31.2 Å². The lowest BCUT2D eigenvalue weighted by Gasteiger charge is -2.25. The quantitative estimate of drug-likeness (QED) is 0.200. The standard InChI is InChI=1S/C34H32N4O4S/c1-2-38(30-12-4-3-5-13-30)34(40)32(14-8-9-26-15-17-27(18-16-26)24-37-22-21-35-25-37)33(39)36-43(41,42)31-20-19-28-10-6-7-11-29(28)23-31/h3-13,15-23,25,32H,2,14,24H2,1H3,(H,36,39)/b9-8+. The molecule has 0 fully saturated rings. The fourth-order valence-corrected chi connectivity index (χ4v) is 5.90. The molecule has 0 saturated carbocycles. The summed E-state index contributed by atoms with van der Waals surface area (Å²) in [6.45, 7) is 2.82. The van der Waals surface area contributed by atoms with Crippen LogP contribution in [0.4, 0.5) is 5.69 Å². The smallest absolute Gasteiger partial charge is 0.264 e. The number of imidazole rings is 1. The van der Waals surface area contributed by atoms with Crippen molar-refractivity contribution in [3.8, 4) is 0 Å². The van der Waals surface area contributed by atoms with E-state index in [4.69, 9.17) is 0 Å². The lowest BCUT2D eigenvalue weighted by atomic mass is 10.0. The second-order valence-corrected chi connectivity index (χ2v) is 11.7. The topological polar surface area (TPSA) is 101 Å². The molecule has 9 heteroatoms. The van der Waals surface area contributed by atoms with E-state index in [2.05, 4.69) is 9.71 Å². The summed E-state index contributed by atoms with van der Waals surface area (Å²) < 4.78 is 30.7. The number of amides is 2. The van der Waals surface area contributed by atoms with Crippen molar-refractivity contribution in [2.24, 2.45) is 5.92 Å². The first-order valence-corrected chi connectivity index (χ1v) is 15.5. The lowest BCUT2D eigenvalue weighted by molar-refractivity contribution is -0.132. The Morgan fingerprint density at radius 2 is 1.65 bits per heavy atom. The van der Waals surface area contributed by atoms with E-state index in [9.17, 15) is 18.0 Å². The number of hydrogen-bond donors (Lipinski definition) is 1. The fourth-order valence-electron chi connectivity index (χ4n) is 4.84. The number of nitrogens with one attached hydrogen (secondary N) is 1. The Labute approximate surface area is 251 Å². The van der Waals surface area contributed by atoms with Crippen molar-refractivity contribution in [3.05, 3.63) is 133 Å². The van der Waals surface area contributed by atoms with Crippen molar-refractivity contribution in [1.29, 1.82) is 0 Å². The molecular weight excluding hydrogens is 560 g/mol. The number of benzene rings is 4. The van der Waals surface area contributed by atoms with E-state index in [1.807, 2.05) is 72.3 Å². The van der Waals surface area contributed by atoms with E-state index in [0.29, 0.717) is 18.8 Å². The molecule has 1 N–H and O–H groups in total. The molecule has 0 bridgehead atoms. The van der Waals surface area contributed by atoms with Crippen molar-refractivity contribution in [2.75, 3.05) is 11.4 Å². The van der Waals surface area contributed by atoms with Crippen molar-refractivity contribution in [2.45, 2.75) is 24.8 Å². The number of nitrogens with zero attached hydrogens (tertiary/aromatic N) is 3. The number of para-hydroxylation sites is 1.